The molecule has 7 heteroatoms. The Kier molecular flexibility index (Phi) is 4.42. The van der Waals surface area contributed by atoms with Crippen LogP contribution < -0.4 is 15.8 Å². The number of benzene rings is 1. The van der Waals surface area contributed by atoms with Crippen LogP contribution in [0.5, 0.6) is 5.75 Å². The lowest BCUT2D eigenvalue weighted by Gasteiger charge is -2.32. The summed E-state index contributed by atoms with van der Waals surface area (Å²) < 4.78 is 11.4. The molecule has 0 radical (unpaired) electrons. The first-order valence-electron chi connectivity index (χ1n) is 9.04. The normalized spacial score (nSPS) is 24.5. The fraction of sp³-hybridized carbons (Fsp3) is 0.474. The number of rotatable bonds is 5. The maximum absolute atomic E-state index is 8.64. The van der Waals surface area contributed by atoms with E-state index in [4.69, 9.17) is 20.6 Å². The molecule has 0 spiro atoms. The summed E-state index contributed by atoms with van der Waals surface area (Å²) in [5.74, 6) is 0.758. The molecule has 3 aliphatic rings. The first-order chi connectivity index (χ1) is 12.5. The van der Waals surface area contributed by atoms with Gasteiger partial charge in [0.2, 0.25) is 0 Å². The van der Waals surface area contributed by atoms with Crippen LogP contribution >= 0.6 is 0 Å². The van der Waals surface area contributed by atoms with Gasteiger partial charge in [-0.1, -0.05) is 0 Å². The Bertz CT molecular complexity index is 763. The van der Waals surface area contributed by atoms with Crippen LogP contribution in [0.2, 0.25) is 0 Å². The summed E-state index contributed by atoms with van der Waals surface area (Å²) in [5.41, 5.74) is 8.36. The molecule has 1 aliphatic carbocycles. The summed E-state index contributed by atoms with van der Waals surface area (Å²) in [6, 6.07) is 5.54. The van der Waals surface area contributed by atoms with Gasteiger partial charge >= 0.3 is 0 Å². The van der Waals surface area contributed by atoms with E-state index in [0.717, 1.165) is 31.7 Å². The highest BCUT2D eigenvalue weighted by Crippen LogP contribution is 2.40. The van der Waals surface area contributed by atoms with Crippen molar-refractivity contribution in [3.63, 3.8) is 0 Å². The van der Waals surface area contributed by atoms with Crippen molar-refractivity contribution in [3.05, 3.63) is 35.5 Å². The number of aliphatic imine (C=N–C) groups is 1. The van der Waals surface area contributed by atoms with Gasteiger partial charge in [0.15, 0.2) is 0 Å². The van der Waals surface area contributed by atoms with Gasteiger partial charge in [-0.3, -0.25) is 15.3 Å². The molecule has 2 heterocycles. The van der Waals surface area contributed by atoms with Crippen molar-refractivity contribution >= 4 is 17.7 Å². The lowest BCUT2D eigenvalue weighted by atomic mass is 10.0. The van der Waals surface area contributed by atoms with Gasteiger partial charge in [-0.25, -0.2) is 0 Å². The summed E-state index contributed by atoms with van der Waals surface area (Å²) in [6.45, 7) is 5.20. The Hall–Kier alpha value is -2.38. The van der Waals surface area contributed by atoms with E-state index >= 15 is 0 Å². The third-order valence-electron chi connectivity index (χ3n) is 5.06. The van der Waals surface area contributed by atoms with Gasteiger partial charge in [0.1, 0.15) is 17.5 Å². The van der Waals surface area contributed by atoms with E-state index in [9.17, 15) is 0 Å². The topological polar surface area (TPSA) is 96.0 Å². The second-order valence-corrected chi connectivity index (χ2v) is 7.24. The molecule has 1 saturated carbocycles. The second-order valence-electron chi connectivity index (χ2n) is 7.24. The Balaban J connectivity index is 1.54. The standard InChI is InChI=1S/C19H25N5O2/c1-19(4-5-19)26-13-2-3-15(20)14(10-13)18(21)16-11-17(23-12-22-16)24-6-8-25-9-7-24/h2-3,10-12,17,21H,4-9,20H2,1H3,(H,22,23). The number of nitrogens with zero attached hydrogens (tertiary/aromatic N) is 2. The van der Waals surface area contributed by atoms with Crippen LogP contribution in [0, 0.1) is 5.41 Å². The zero-order chi connectivity index (χ0) is 18.1. The number of ether oxygens (including phenoxy) is 2. The molecule has 0 bridgehead atoms. The number of anilines is 1. The first kappa shape index (κ1) is 17.1. The van der Waals surface area contributed by atoms with Gasteiger partial charge in [0, 0.05) is 24.3 Å². The number of hydrogen-bond acceptors (Lipinski definition) is 7. The zero-order valence-electron chi connectivity index (χ0n) is 15.0. The Morgan fingerprint density at radius 3 is 2.88 bits per heavy atom. The van der Waals surface area contributed by atoms with Crippen LogP contribution in [0.3, 0.4) is 0 Å². The molecular formula is C19H25N5O2. The molecule has 4 N–H and O–H groups in total. The molecule has 1 aromatic rings. The molecule has 0 aromatic heterocycles. The van der Waals surface area contributed by atoms with Crippen LogP contribution in [0.4, 0.5) is 5.69 Å². The molecular weight excluding hydrogens is 330 g/mol. The quantitative estimate of drug-likeness (QED) is 0.552. The molecule has 138 valence electrons. The summed E-state index contributed by atoms with van der Waals surface area (Å²) in [4.78, 5) is 6.72. The number of allylic oxidation sites excluding steroid dienone is 1. The van der Waals surface area contributed by atoms with Gasteiger partial charge in [0.25, 0.3) is 0 Å². The monoisotopic (exact) mass is 355 g/mol. The van der Waals surface area contributed by atoms with Crippen LogP contribution in [0.1, 0.15) is 25.3 Å². The molecule has 4 rings (SSSR count). The number of hydrogen-bond donors (Lipinski definition) is 3. The number of nitrogens with one attached hydrogen (secondary N) is 2. The Morgan fingerprint density at radius 1 is 1.38 bits per heavy atom. The van der Waals surface area contributed by atoms with E-state index in [1.165, 1.54) is 0 Å². The van der Waals surface area contributed by atoms with E-state index < -0.39 is 0 Å². The fourth-order valence-corrected chi connectivity index (χ4v) is 3.14. The van der Waals surface area contributed by atoms with Crippen molar-refractivity contribution < 1.29 is 9.47 Å². The third kappa shape index (κ3) is 3.59. The van der Waals surface area contributed by atoms with Crippen molar-refractivity contribution in [2.75, 3.05) is 32.0 Å². The second kappa shape index (κ2) is 6.74. The predicted octanol–water partition coefficient (Wildman–Crippen LogP) is 1.74. The van der Waals surface area contributed by atoms with E-state index in [0.29, 0.717) is 35.9 Å². The lowest BCUT2D eigenvalue weighted by molar-refractivity contribution is 0.0268. The Labute approximate surface area is 153 Å². The van der Waals surface area contributed by atoms with Crippen molar-refractivity contribution in [1.82, 2.24) is 10.2 Å². The van der Waals surface area contributed by atoms with E-state index in [1.54, 1.807) is 6.34 Å². The minimum Gasteiger partial charge on any atom is -0.488 e. The van der Waals surface area contributed by atoms with E-state index in [-0.39, 0.29) is 11.8 Å². The highest BCUT2D eigenvalue weighted by molar-refractivity contribution is 6.14. The van der Waals surface area contributed by atoms with Crippen molar-refractivity contribution in [2.24, 2.45) is 4.99 Å². The average Bonchev–Trinajstić information content (AvgIpc) is 3.40. The fourth-order valence-electron chi connectivity index (χ4n) is 3.14. The van der Waals surface area contributed by atoms with Crippen LogP contribution in [0.15, 0.2) is 35.0 Å². The van der Waals surface area contributed by atoms with Crippen molar-refractivity contribution in [3.8, 4) is 5.75 Å². The SMILES string of the molecule is CC1(Oc2ccc(N)c(C(=N)C3=CC(N4CCOCC4)N=CN3)c2)CC1. The first-order valence-corrected chi connectivity index (χ1v) is 9.04. The highest BCUT2D eigenvalue weighted by atomic mass is 16.5. The molecule has 1 unspecified atom stereocenters. The smallest absolute Gasteiger partial charge is 0.125 e. The minimum absolute atomic E-state index is 0.0635. The van der Waals surface area contributed by atoms with E-state index in [2.05, 4.69) is 22.1 Å². The predicted molar refractivity (Wildman–Crippen MR) is 102 cm³/mol. The molecule has 2 aliphatic heterocycles. The van der Waals surface area contributed by atoms with Crippen LogP contribution in [-0.4, -0.2) is 55.0 Å². The third-order valence-corrected chi connectivity index (χ3v) is 5.06. The summed E-state index contributed by atoms with van der Waals surface area (Å²) in [7, 11) is 0. The molecule has 2 fully saturated rings. The number of nitrogen functional groups attached to an aromatic ring is 1. The maximum atomic E-state index is 8.64. The molecule has 26 heavy (non-hydrogen) atoms. The van der Waals surface area contributed by atoms with E-state index in [1.807, 2.05) is 24.3 Å². The van der Waals surface area contributed by atoms with Gasteiger partial charge < -0.3 is 20.5 Å². The zero-order valence-corrected chi connectivity index (χ0v) is 15.0. The number of morpholine rings is 1. The Morgan fingerprint density at radius 2 is 2.15 bits per heavy atom. The molecule has 1 saturated heterocycles. The maximum Gasteiger partial charge on any atom is 0.125 e. The highest BCUT2D eigenvalue weighted by Gasteiger charge is 2.40. The van der Waals surface area contributed by atoms with Gasteiger partial charge in [0.05, 0.1) is 31.0 Å². The number of nitrogens with two attached hydrogens (primary N) is 1. The van der Waals surface area contributed by atoms with Gasteiger partial charge in [-0.05, 0) is 44.0 Å². The van der Waals surface area contributed by atoms with Gasteiger partial charge in [-0.2, -0.15) is 0 Å². The minimum atomic E-state index is -0.0819. The summed E-state index contributed by atoms with van der Waals surface area (Å²) in [5, 5.41) is 11.7. The molecule has 1 aromatic carbocycles. The van der Waals surface area contributed by atoms with Crippen molar-refractivity contribution in [1.29, 1.82) is 5.41 Å². The lowest BCUT2D eigenvalue weighted by Crippen LogP contribution is -2.44. The largest absolute Gasteiger partial charge is 0.488 e. The molecule has 0 amide bonds. The summed E-state index contributed by atoms with van der Waals surface area (Å²) in [6.07, 6.45) is 5.68. The van der Waals surface area contributed by atoms with Gasteiger partial charge in [-0.15, -0.1) is 0 Å². The molecule has 7 nitrogen and oxygen atoms in total. The summed E-state index contributed by atoms with van der Waals surface area (Å²) >= 11 is 0. The average molecular weight is 355 g/mol. The van der Waals surface area contributed by atoms with Crippen LogP contribution in [-0.2, 0) is 4.74 Å². The van der Waals surface area contributed by atoms with Crippen LogP contribution in [0.25, 0.3) is 0 Å². The molecule has 1 atom stereocenters. The van der Waals surface area contributed by atoms with Crippen molar-refractivity contribution in [2.45, 2.75) is 31.5 Å².